The van der Waals surface area contributed by atoms with Crippen LogP contribution in [0.3, 0.4) is 0 Å². The minimum Gasteiger partial charge on any atom is -0.355 e. The van der Waals surface area contributed by atoms with Gasteiger partial charge in [-0.2, -0.15) is 0 Å². The number of likely N-dealkylation sites (N-methyl/N-ethyl adjacent to an activating group) is 1. The van der Waals surface area contributed by atoms with Gasteiger partial charge in [0.25, 0.3) is 0 Å². The van der Waals surface area contributed by atoms with Crippen molar-refractivity contribution < 1.29 is 0 Å². The third-order valence-corrected chi connectivity index (χ3v) is 3.50. The highest BCUT2D eigenvalue weighted by atomic mass is 15.3. The van der Waals surface area contributed by atoms with Crippen molar-refractivity contribution in [2.24, 2.45) is 5.73 Å². The molecular formula is C13H22N4. The van der Waals surface area contributed by atoms with E-state index in [1.54, 1.807) is 0 Å². The third kappa shape index (κ3) is 2.58. The van der Waals surface area contributed by atoms with E-state index >= 15 is 0 Å². The number of nitrogens with zero attached hydrogens (tertiary/aromatic N) is 3. The van der Waals surface area contributed by atoms with E-state index in [1.807, 2.05) is 19.2 Å². The molecule has 0 aromatic carbocycles. The summed E-state index contributed by atoms with van der Waals surface area (Å²) < 4.78 is 0. The van der Waals surface area contributed by atoms with Crippen molar-refractivity contribution in [1.82, 2.24) is 9.88 Å². The molecule has 1 fully saturated rings. The van der Waals surface area contributed by atoms with Gasteiger partial charge in [0.15, 0.2) is 0 Å². The second-order valence-corrected chi connectivity index (χ2v) is 5.06. The third-order valence-electron chi connectivity index (χ3n) is 3.50. The van der Waals surface area contributed by atoms with Crippen molar-refractivity contribution in [3.63, 3.8) is 0 Å². The minimum absolute atomic E-state index is 0.0390. The van der Waals surface area contributed by atoms with Crippen LogP contribution in [0.15, 0.2) is 18.3 Å². The van der Waals surface area contributed by atoms with Crippen molar-refractivity contribution in [1.29, 1.82) is 0 Å². The SMILES string of the molecule is CC(N)c1cccnc1N1CCC(N(C)C)C1. The van der Waals surface area contributed by atoms with Gasteiger partial charge < -0.3 is 15.5 Å². The number of hydrogen-bond donors (Lipinski definition) is 1. The van der Waals surface area contributed by atoms with E-state index in [0.29, 0.717) is 6.04 Å². The first-order chi connectivity index (χ1) is 8.09. The Kier molecular flexibility index (Phi) is 3.64. The molecule has 1 aliphatic heterocycles. The van der Waals surface area contributed by atoms with Gasteiger partial charge in [-0.15, -0.1) is 0 Å². The van der Waals surface area contributed by atoms with Gasteiger partial charge in [0.1, 0.15) is 5.82 Å². The molecule has 0 aliphatic carbocycles. The predicted octanol–water partition coefficient (Wildman–Crippen LogP) is 1.24. The fraction of sp³-hybridized carbons (Fsp3) is 0.615. The van der Waals surface area contributed by atoms with Crippen LogP contribution in [0.2, 0.25) is 0 Å². The van der Waals surface area contributed by atoms with Crippen LogP contribution < -0.4 is 10.6 Å². The van der Waals surface area contributed by atoms with E-state index in [0.717, 1.165) is 24.5 Å². The number of hydrogen-bond acceptors (Lipinski definition) is 4. The highest BCUT2D eigenvalue weighted by Crippen LogP contribution is 2.26. The Labute approximate surface area is 103 Å². The molecule has 2 rings (SSSR count). The summed E-state index contributed by atoms with van der Waals surface area (Å²) in [5.41, 5.74) is 7.14. The Morgan fingerprint density at radius 1 is 1.53 bits per heavy atom. The van der Waals surface area contributed by atoms with E-state index in [1.165, 1.54) is 6.42 Å². The van der Waals surface area contributed by atoms with Crippen LogP contribution in [-0.2, 0) is 0 Å². The van der Waals surface area contributed by atoms with Crippen molar-refractivity contribution in [2.75, 3.05) is 32.1 Å². The van der Waals surface area contributed by atoms with E-state index in [2.05, 4.69) is 34.9 Å². The number of rotatable bonds is 3. The molecule has 0 amide bonds. The summed E-state index contributed by atoms with van der Waals surface area (Å²) in [5, 5.41) is 0. The number of anilines is 1. The van der Waals surface area contributed by atoms with Gasteiger partial charge in [-0.1, -0.05) is 6.07 Å². The molecule has 17 heavy (non-hydrogen) atoms. The average molecular weight is 234 g/mol. The standard InChI is InChI=1S/C13H22N4/c1-10(14)12-5-4-7-15-13(12)17-8-6-11(9-17)16(2)3/h4-5,7,10-11H,6,8-9,14H2,1-3H3. The Bertz CT molecular complexity index is 375. The van der Waals surface area contributed by atoms with Crippen molar-refractivity contribution in [3.8, 4) is 0 Å². The zero-order chi connectivity index (χ0) is 12.4. The normalized spacial score (nSPS) is 22.2. The van der Waals surface area contributed by atoms with Crippen LogP contribution in [0.25, 0.3) is 0 Å². The van der Waals surface area contributed by atoms with Crippen LogP contribution in [0.4, 0.5) is 5.82 Å². The first kappa shape index (κ1) is 12.3. The molecule has 2 unspecified atom stereocenters. The highest BCUT2D eigenvalue weighted by Gasteiger charge is 2.26. The number of aromatic nitrogens is 1. The van der Waals surface area contributed by atoms with E-state index in [4.69, 9.17) is 5.73 Å². The monoisotopic (exact) mass is 234 g/mol. The van der Waals surface area contributed by atoms with Crippen LogP contribution in [0, 0.1) is 0 Å². The fourth-order valence-electron chi connectivity index (χ4n) is 2.38. The first-order valence-corrected chi connectivity index (χ1v) is 6.21. The van der Waals surface area contributed by atoms with Crippen LogP contribution in [-0.4, -0.2) is 43.1 Å². The number of pyridine rings is 1. The van der Waals surface area contributed by atoms with Crippen LogP contribution in [0.1, 0.15) is 24.9 Å². The second-order valence-electron chi connectivity index (χ2n) is 5.06. The second kappa shape index (κ2) is 5.02. The van der Waals surface area contributed by atoms with Crippen LogP contribution >= 0.6 is 0 Å². The Morgan fingerprint density at radius 3 is 2.88 bits per heavy atom. The lowest BCUT2D eigenvalue weighted by Crippen LogP contribution is -2.32. The summed E-state index contributed by atoms with van der Waals surface area (Å²) >= 11 is 0. The highest BCUT2D eigenvalue weighted by molar-refractivity contribution is 5.49. The molecule has 1 aromatic heterocycles. The van der Waals surface area contributed by atoms with Gasteiger partial charge in [-0.25, -0.2) is 4.98 Å². The zero-order valence-electron chi connectivity index (χ0n) is 10.9. The summed E-state index contributed by atoms with van der Waals surface area (Å²) in [6.07, 6.45) is 3.05. The molecule has 0 bridgehead atoms. The van der Waals surface area contributed by atoms with Gasteiger partial charge in [-0.3, -0.25) is 0 Å². The predicted molar refractivity (Wildman–Crippen MR) is 71.1 cm³/mol. The lowest BCUT2D eigenvalue weighted by atomic mass is 10.1. The molecule has 1 aromatic rings. The van der Waals surface area contributed by atoms with E-state index in [-0.39, 0.29) is 6.04 Å². The van der Waals surface area contributed by atoms with E-state index < -0.39 is 0 Å². The summed E-state index contributed by atoms with van der Waals surface area (Å²) in [5.74, 6) is 1.06. The molecule has 0 spiro atoms. The summed E-state index contributed by atoms with van der Waals surface area (Å²) in [4.78, 5) is 9.14. The van der Waals surface area contributed by atoms with Gasteiger partial charge in [-0.05, 0) is 33.5 Å². The maximum atomic E-state index is 6.00. The van der Waals surface area contributed by atoms with Crippen molar-refractivity contribution in [2.45, 2.75) is 25.4 Å². The van der Waals surface area contributed by atoms with Crippen LogP contribution in [0.5, 0.6) is 0 Å². The Balaban J connectivity index is 2.18. The quantitative estimate of drug-likeness (QED) is 0.855. The molecule has 2 N–H and O–H groups in total. The summed E-state index contributed by atoms with van der Waals surface area (Å²) in [7, 11) is 4.28. The maximum Gasteiger partial charge on any atom is 0.133 e. The fourth-order valence-corrected chi connectivity index (χ4v) is 2.38. The van der Waals surface area contributed by atoms with Gasteiger partial charge in [0, 0.05) is 36.9 Å². The summed E-state index contributed by atoms with van der Waals surface area (Å²) in [6, 6.07) is 4.70. The molecule has 4 nitrogen and oxygen atoms in total. The molecule has 4 heteroatoms. The van der Waals surface area contributed by atoms with Gasteiger partial charge >= 0.3 is 0 Å². The smallest absolute Gasteiger partial charge is 0.133 e. The lowest BCUT2D eigenvalue weighted by Gasteiger charge is -2.23. The first-order valence-electron chi connectivity index (χ1n) is 6.21. The van der Waals surface area contributed by atoms with Crippen molar-refractivity contribution >= 4 is 5.82 Å². The topological polar surface area (TPSA) is 45.4 Å². The molecular weight excluding hydrogens is 212 g/mol. The average Bonchev–Trinajstić information content (AvgIpc) is 2.78. The molecule has 1 saturated heterocycles. The number of nitrogens with two attached hydrogens (primary N) is 1. The Hall–Kier alpha value is -1.13. The molecule has 2 atom stereocenters. The largest absolute Gasteiger partial charge is 0.355 e. The molecule has 1 aliphatic rings. The van der Waals surface area contributed by atoms with Gasteiger partial charge in [0.2, 0.25) is 0 Å². The maximum absolute atomic E-state index is 6.00. The molecule has 94 valence electrons. The molecule has 0 saturated carbocycles. The van der Waals surface area contributed by atoms with Gasteiger partial charge in [0.05, 0.1) is 0 Å². The Morgan fingerprint density at radius 2 is 2.29 bits per heavy atom. The zero-order valence-corrected chi connectivity index (χ0v) is 10.9. The molecule has 2 heterocycles. The van der Waals surface area contributed by atoms with E-state index in [9.17, 15) is 0 Å². The van der Waals surface area contributed by atoms with Crippen molar-refractivity contribution in [3.05, 3.63) is 23.9 Å². The lowest BCUT2D eigenvalue weighted by molar-refractivity contribution is 0.315. The minimum atomic E-state index is 0.0390. The molecule has 0 radical (unpaired) electrons. The summed E-state index contributed by atoms with van der Waals surface area (Å²) in [6.45, 7) is 4.13.